The standard InChI is InChI=1S/C29H30N2O6/c1-4-34-22-14-10-9-13-21(22)31-28(32)25-26(30(3)37-27(25)29(31)33)20-15-16-23(24(17-20)35-5-2)36-18-19-11-7-6-8-12-19/h6-17,25-27H,4-5,18H2,1-3H3/t25-,26+,27+/m0/s1. The molecule has 2 saturated heterocycles. The zero-order chi connectivity index (χ0) is 25.9. The highest BCUT2D eigenvalue weighted by Crippen LogP contribution is 2.47. The Hall–Kier alpha value is -3.88. The normalized spacial score (nSPS) is 21.3. The summed E-state index contributed by atoms with van der Waals surface area (Å²) < 4.78 is 17.6. The average molecular weight is 503 g/mol. The Morgan fingerprint density at radius 2 is 1.49 bits per heavy atom. The van der Waals surface area contributed by atoms with Crippen LogP contribution in [0.25, 0.3) is 0 Å². The minimum atomic E-state index is -0.915. The van der Waals surface area contributed by atoms with Crippen molar-refractivity contribution >= 4 is 17.5 Å². The van der Waals surface area contributed by atoms with Gasteiger partial charge in [0.25, 0.3) is 5.91 Å². The predicted octanol–water partition coefficient (Wildman–Crippen LogP) is 4.54. The topological polar surface area (TPSA) is 77.5 Å². The molecule has 3 aromatic rings. The van der Waals surface area contributed by atoms with Gasteiger partial charge in [0.1, 0.15) is 12.4 Å². The lowest BCUT2D eigenvalue weighted by Crippen LogP contribution is -2.36. The number of carbonyl (C=O) groups is 2. The van der Waals surface area contributed by atoms with Crippen LogP contribution >= 0.6 is 0 Å². The number of carbonyl (C=O) groups excluding carboxylic acids is 2. The number of nitrogens with zero attached hydrogens (tertiary/aromatic N) is 2. The van der Waals surface area contributed by atoms with Crippen LogP contribution in [0.5, 0.6) is 17.2 Å². The molecule has 3 atom stereocenters. The van der Waals surface area contributed by atoms with E-state index in [4.69, 9.17) is 19.0 Å². The molecular formula is C29H30N2O6. The van der Waals surface area contributed by atoms with Crippen LogP contribution in [0.3, 0.4) is 0 Å². The van der Waals surface area contributed by atoms with Gasteiger partial charge in [-0.2, -0.15) is 5.06 Å². The summed E-state index contributed by atoms with van der Waals surface area (Å²) in [5.74, 6) is 0.229. The maximum Gasteiger partial charge on any atom is 0.266 e. The molecule has 0 aromatic heterocycles. The van der Waals surface area contributed by atoms with Gasteiger partial charge >= 0.3 is 0 Å². The van der Waals surface area contributed by atoms with Crippen LogP contribution in [0.4, 0.5) is 5.69 Å². The first kappa shape index (κ1) is 24.8. The van der Waals surface area contributed by atoms with Crippen molar-refractivity contribution in [3.8, 4) is 17.2 Å². The third-order valence-corrected chi connectivity index (χ3v) is 6.56. The van der Waals surface area contributed by atoms with E-state index in [0.717, 1.165) is 11.1 Å². The number of fused-ring (bicyclic) bond motifs is 1. The van der Waals surface area contributed by atoms with Gasteiger partial charge in [0.05, 0.1) is 30.9 Å². The van der Waals surface area contributed by atoms with E-state index in [2.05, 4.69) is 0 Å². The molecule has 2 fully saturated rings. The SMILES string of the molecule is CCOc1cc([C@@H]2[C@@H]3C(=O)N(c4ccccc4OCC)C(=O)[C@@H]3ON2C)ccc1OCc1ccccc1. The van der Waals surface area contributed by atoms with Crippen LogP contribution in [0.1, 0.15) is 31.0 Å². The Kier molecular flexibility index (Phi) is 7.12. The van der Waals surface area contributed by atoms with Crippen LogP contribution < -0.4 is 19.1 Å². The molecule has 2 aliphatic rings. The lowest BCUT2D eigenvalue weighted by molar-refractivity contribution is -0.160. The van der Waals surface area contributed by atoms with E-state index in [1.54, 1.807) is 30.3 Å². The fourth-order valence-electron chi connectivity index (χ4n) is 4.96. The monoisotopic (exact) mass is 502 g/mol. The van der Waals surface area contributed by atoms with Gasteiger partial charge in [-0.15, -0.1) is 0 Å². The first-order valence-corrected chi connectivity index (χ1v) is 12.5. The molecule has 3 aromatic carbocycles. The van der Waals surface area contributed by atoms with Crippen molar-refractivity contribution in [1.29, 1.82) is 0 Å². The number of imide groups is 1. The van der Waals surface area contributed by atoms with Crippen molar-refractivity contribution < 1.29 is 28.6 Å². The Balaban J connectivity index is 1.43. The van der Waals surface area contributed by atoms with Gasteiger partial charge in [0.15, 0.2) is 17.6 Å². The maximum atomic E-state index is 13.7. The highest BCUT2D eigenvalue weighted by molar-refractivity contribution is 6.24. The number of hydrogen-bond acceptors (Lipinski definition) is 7. The molecular weight excluding hydrogens is 472 g/mol. The lowest BCUT2D eigenvalue weighted by Gasteiger charge is -2.25. The summed E-state index contributed by atoms with van der Waals surface area (Å²) in [5, 5.41) is 1.59. The molecule has 0 N–H and O–H groups in total. The summed E-state index contributed by atoms with van der Waals surface area (Å²) in [6.07, 6.45) is -0.915. The summed E-state index contributed by atoms with van der Waals surface area (Å²) in [7, 11) is 1.74. The largest absolute Gasteiger partial charge is 0.492 e. The molecule has 0 spiro atoms. The zero-order valence-electron chi connectivity index (χ0n) is 21.1. The predicted molar refractivity (Wildman–Crippen MR) is 137 cm³/mol. The molecule has 2 aliphatic heterocycles. The minimum absolute atomic E-state index is 0.320. The third-order valence-electron chi connectivity index (χ3n) is 6.56. The Morgan fingerprint density at radius 3 is 2.24 bits per heavy atom. The van der Waals surface area contributed by atoms with E-state index in [1.165, 1.54) is 4.90 Å². The molecule has 2 amide bonds. The molecule has 0 unspecified atom stereocenters. The van der Waals surface area contributed by atoms with E-state index in [9.17, 15) is 9.59 Å². The second-order valence-electron chi connectivity index (χ2n) is 8.87. The molecule has 0 bridgehead atoms. The van der Waals surface area contributed by atoms with E-state index in [-0.39, 0.29) is 5.91 Å². The molecule has 0 aliphatic carbocycles. The number of benzene rings is 3. The van der Waals surface area contributed by atoms with Gasteiger partial charge in [-0.25, -0.2) is 4.90 Å². The maximum absolute atomic E-state index is 13.7. The summed E-state index contributed by atoms with van der Waals surface area (Å²) >= 11 is 0. The van der Waals surface area contributed by atoms with Crippen molar-refractivity contribution in [2.45, 2.75) is 32.6 Å². The Labute approximate surface area is 216 Å². The van der Waals surface area contributed by atoms with E-state index < -0.39 is 24.0 Å². The molecule has 192 valence electrons. The number of anilines is 1. The molecule has 8 heteroatoms. The van der Waals surface area contributed by atoms with Crippen molar-refractivity contribution in [3.05, 3.63) is 83.9 Å². The second-order valence-corrected chi connectivity index (χ2v) is 8.87. The van der Waals surface area contributed by atoms with Crippen LogP contribution in [-0.2, 0) is 21.0 Å². The number of hydrogen-bond donors (Lipinski definition) is 0. The Morgan fingerprint density at radius 1 is 0.784 bits per heavy atom. The van der Waals surface area contributed by atoms with Crippen LogP contribution in [0.15, 0.2) is 72.8 Å². The van der Waals surface area contributed by atoms with Crippen LogP contribution in [0.2, 0.25) is 0 Å². The van der Waals surface area contributed by atoms with Gasteiger partial charge in [0.2, 0.25) is 5.91 Å². The average Bonchev–Trinajstić information content (AvgIpc) is 3.37. The fraction of sp³-hybridized carbons (Fsp3) is 0.310. The minimum Gasteiger partial charge on any atom is -0.492 e. The van der Waals surface area contributed by atoms with Crippen LogP contribution in [0, 0.1) is 5.92 Å². The first-order chi connectivity index (χ1) is 18.0. The number of amides is 2. The third kappa shape index (κ3) is 4.65. The molecule has 0 saturated carbocycles. The summed E-state index contributed by atoms with van der Waals surface area (Å²) in [6.45, 7) is 5.03. The Bertz CT molecular complexity index is 1280. The van der Waals surface area contributed by atoms with Gasteiger partial charge < -0.3 is 14.2 Å². The number of rotatable bonds is 9. The quantitative estimate of drug-likeness (QED) is 0.398. The summed E-state index contributed by atoms with van der Waals surface area (Å²) in [5.41, 5.74) is 2.27. The lowest BCUT2D eigenvalue weighted by atomic mass is 9.91. The summed E-state index contributed by atoms with van der Waals surface area (Å²) in [6, 6.07) is 22.1. The van der Waals surface area contributed by atoms with Crippen molar-refractivity contribution in [3.63, 3.8) is 0 Å². The number of ether oxygens (including phenoxy) is 3. The van der Waals surface area contributed by atoms with Gasteiger partial charge in [0, 0.05) is 7.05 Å². The molecule has 2 heterocycles. The molecule has 5 rings (SSSR count). The molecule has 0 radical (unpaired) electrons. The van der Waals surface area contributed by atoms with Gasteiger partial charge in [-0.3, -0.25) is 14.4 Å². The van der Waals surface area contributed by atoms with E-state index in [0.29, 0.717) is 42.8 Å². The fourth-order valence-corrected chi connectivity index (χ4v) is 4.96. The van der Waals surface area contributed by atoms with Crippen LogP contribution in [-0.4, -0.2) is 43.2 Å². The van der Waals surface area contributed by atoms with Gasteiger partial charge in [-0.05, 0) is 49.2 Å². The smallest absolute Gasteiger partial charge is 0.266 e. The number of para-hydroxylation sites is 2. The molecule has 37 heavy (non-hydrogen) atoms. The highest BCUT2D eigenvalue weighted by atomic mass is 16.7. The first-order valence-electron chi connectivity index (χ1n) is 12.5. The van der Waals surface area contributed by atoms with Crippen molar-refractivity contribution in [1.82, 2.24) is 5.06 Å². The van der Waals surface area contributed by atoms with E-state index >= 15 is 0 Å². The summed E-state index contributed by atoms with van der Waals surface area (Å²) in [4.78, 5) is 34.2. The zero-order valence-corrected chi connectivity index (χ0v) is 21.1. The van der Waals surface area contributed by atoms with Crippen molar-refractivity contribution in [2.75, 3.05) is 25.2 Å². The van der Waals surface area contributed by atoms with E-state index in [1.807, 2.05) is 68.4 Å². The second kappa shape index (κ2) is 10.6. The number of hydroxylamine groups is 2. The molecule has 8 nitrogen and oxygen atoms in total. The van der Waals surface area contributed by atoms with Crippen molar-refractivity contribution in [2.24, 2.45) is 5.92 Å². The highest BCUT2D eigenvalue weighted by Gasteiger charge is 2.59. The van der Waals surface area contributed by atoms with Gasteiger partial charge in [-0.1, -0.05) is 48.5 Å².